The smallest absolute Gasteiger partial charge is 0.262 e. The summed E-state index contributed by atoms with van der Waals surface area (Å²) in [6.45, 7) is 1.47. The Morgan fingerprint density at radius 1 is 1.23 bits per heavy atom. The first kappa shape index (κ1) is 14.5. The second-order valence-corrected chi connectivity index (χ2v) is 5.06. The topological polar surface area (TPSA) is 73.3 Å². The van der Waals surface area contributed by atoms with E-state index in [0.29, 0.717) is 29.6 Å². The maximum atomic E-state index is 10.7. The fourth-order valence-corrected chi connectivity index (χ4v) is 2.27. The normalized spacial score (nSPS) is 17.7. The van der Waals surface area contributed by atoms with Crippen LogP contribution in [0.4, 0.5) is 5.82 Å². The zero-order valence-corrected chi connectivity index (χ0v) is 12.1. The van der Waals surface area contributed by atoms with Gasteiger partial charge in [0.2, 0.25) is 0 Å². The van der Waals surface area contributed by atoms with Gasteiger partial charge in [-0.15, -0.1) is 0 Å². The van der Waals surface area contributed by atoms with E-state index in [0.717, 1.165) is 25.7 Å². The number of ether oxygens (including phenoxy) is 2. The number of nitrogens with one attached hydrogen (secondary N) is 1. The van der Waals surface area contributed by atoms with E-state index in [4.69, 9.17) is 9.47 Å². The van der Waals surface area contributed by atoms with Crippen molar-refractivity contribution in [2.45, 2.75) is 18.9 Å². The van der Waals surface area contributed by atoms with Gasteiger partial charge in [0.1, 0.15) is 12.0 Å². The van der Waals surface area contributed by atoms with Crippen LogP contribution in [0.1, 0.15) is 23.2 Å². The summed E-state index contributed by atoms with van der Waals surface area (Å²) in [5.41, 5.74) is 0.601. The first-order chi connectivity index (χ1) is 10.8. The number of benzene rings is 1. The fraction of sp³-hybridized carbons (Fsp3) is 0.312. The van der Waals surface area contributed by atoms with Crippen molar-refractivity contribution in [3.8, 4) is 11.6 Å². The number of aldehydes is 1. The number of aromatic nitrogens is 2. The van der Waals surface area contributed by atoms with Crippen molar-refractivity contribution >= 4 is 12.1 Å². The van der Waals surface area contributed by atoms with Gasteiger partial charge in [0.05, 0.1) is 12.6 Å². The molecule has 1 saturated heterocycles. The highest BCUT2D eigenvalue weighted by Crippen LogP contribution is 2.26. The van der Waals surface area contributed by atoms with Gasteiger partial charge in [0.15, 0.2) is 5.82 Å². The van der Waals surface area contributed by atoms with Crippen LogP contribution in [0.15, 0.2) is 36.7 Å². The van der Waals surface area contributed by atoms with Gasteiger partial charge >= 0.3 is 0 Å². The van der Waals surface area contributed by atoms with E-state index >= 15 is 0 Å². The van der Waals surface area contributed by atoms with Gasteiger partial charge in [-0.2, -0.15) is 0 Å². The van der Waals surface area contributed by atoms with Crippen LogP contribution in [0.5, 0.6) is 11.6 Å². The van der Waals surface area contributed by atoms with Crippen molar-refractivity contribution < 1.29 is 14.3 Å². The third kappa shape index (κ3) is 3.59. The van der Waals surface area contributed by atoms with Crippen molar-refractivity contribution in [2.75, 3.05) is 18.5 Å². The Morgan fingerprint density at radius 2 is 2.05 bits per heavy atom. The Morgan fingerprint density at radius 3 is 2.77 bits per heavy atom. The molecule has 1 N–H and O–H groups in total. The van der Waals surface area contributed by atoms with Crippen LogP contribution in [0, 0.1) is 0 Å². The Balaban J connectivity index is 1.73. The van der Waals surface area contributed by atoms with Crippen molar-refractivity contribution in [2.24, 2.45) is 0 Å². The molecule has 0 amide bonds. The number of carbonyl (C=O) groups is 1. The van der Waals surface area contributed by atoms with Crippen molar-refractivity contribution in [1.29, 1.82) is 0 Å². The Labute approximate surface area is 128 Å². The minimum Gasteiger partial charge on any atom is -0.436 e. The number of hydrogen-bond donors (Lipinski definition) is 1. The Kier molecular flexibility index (Phi) is 4.60. The molecule has 6 heteroatoms. The largest absolute Gasteiger partial charge is 0.436 e. The lowest BCUT2D eigenvalue weighted by Gasteiger charge is -2.24. The van der Waals surface area contributed by atoms with E-state index in [1.807, 2.05) is 0 Å². The fourth-order valence-electron chi connectivity index (χ4n) is 2.27. The van der Waals surface area contributed by atoms with E-state index in [1.54, 1.807) is 36.7 Å². The van der Waals surface area contributed by atoms with Crippen LogP contribution in [-0.2, 0) is 4.74 Å². The standard InChI is InChI=1S/C16H17N3O3/c20-10-12-3-5-14(6-4-12)22-16-15(17-7-8-18-16)19-13-2-1-9-21-11-13/h3-8,10,13H,1-2,9,11H2,(H,17,19). The molecule has 1 unspecified atom stereocenters. The molecule has 0 radical (unpaired) electrons. The quantitative estimate of drug-likeness (QED) is 0.856. The number of anilines is 1. The molecule has 22 heavy (non-hydrogen) atoms. The zero-order valence-electron chi connectivity index (χ0n) is 12.1. The molecular formula is C16H17N3O3. The summed E-state index contributed by atoms with van der Waals surface area (Å²) < 4.78 is 11.2. The number of rotatable bonds is 5. The van der Waals surface area contributed by atoms with Crippen LogP contribution in [-0.4, -0.2) is 35.5 Å². The SMILES string of the molecule is O=Cc1ccc(Oc2nccnc2NC2CCCOC2)cc1. The van der Waals surface area contributed by atoms with E-state index in [1.165, 1.54) is 0 Å². The van der Waals surface area contributed by atoms with Crippen LogP contribution < -0.4 is 10.1 Å². The molecule has 0 saturated carbocycles. The predicted octanol–water partition coefficient (Wildman–Crippen LogP) is 2.67. The second-order valence-electron chi connectivity index (χ2n) is 5.06. The molecule has 0 spiro atoms. The third-order valence-electron chi connectivity index (χ3n) is 3.40. The highest BCUT2D eigenvalue weighted by atomic mass is 16.5. The van der Waals surface area contributed by atoms with E-state index in [-0.39, 0.29) is 6.04 Å². The van der Waals surface area contributed by atoms with Crippen LogP contribution >= 0.6 is 0 Å². The average molecular weight is 299 g/mol. The second kappa shape index (κ2) is 7.00. The van der Waals surface area contributed by atoms with Gasteiger partial charge in [0, 0.05) is 24.6 Å². The molecule has 1 atom stereocenters. The number of nitrogens with zero attached hydrogens (tertiary/aromatic N) is 2. The first-order valence-electron chi connectivity index (χ1n) is 7.23. The summed E-state index contributed by atoms with van der Waals surface area (Å²) in [6.07, 6.45) is 6.06. The van der Waals surface area contributed by atoms with Crippen LogP contribution in [0.25, 0.3) is 0 Å². The first-order valence-corrected chi connectivity index (χ1v) is 7.23. The molecule has 3 rings (SSSR count). The van der Waals surface area contributed by atoms with Gasteiger partial charge < -0.3 is 14.8 Å². The van der Waals surface area contributed by atoms with Gasteiger partial charge in [-0.25, -0.2) is 9.97 Å². The van der Waals surface area contributed by atoms with Crippen molar-refractivity contribution in [3.63, 3.8) is 0 Å². The van der Waals surface area contributed by atoms with Gasteiger partial charge in [0.25, 0.3) is 5.88 Å². The molecule has 0 aliphatic carbocycles. The monoisotopic (exact) mass is 299 g/mol. The number of carbonyl (C=O) groups excluding carboxylic acids is 1. The third-order valence-corrected chi connectivity index (χ3v) is 3.40. The molecule has 1 aromatic heterocycles. The van der Waals surface area contributed by atoms with Crippen LogP contribution in [0.2, 0.25) is 0 Å². The molecule has 2 heterocycles. The summed E-state index contributed by atoms with van der Waals surface area (Å²) in [5, 5.41) is 3.31. The summed E-state index contributed by atoms with van der Waals surface area (Å²) in [7, 11) is 0. The molecule has 1 aliphatic rings. The maximum absolute atomic E-state index is 10.7. The van der Waals surface area contributed by atoms with E-state index in [9.17, 15) is 4.79 Å². The summed E-state index contributed by atoms with van der Waals surface area (Å²) >= 11 is 0. The van der Waals surface area contributed by atoms with Gasteiger partial charge in [-0.1, -0.05) is 0 Å². The molecule has 114 valence electrons. The molecular weight excluding hydrogens is 282 g/mol. The van der Waals surface area contributed by atoms with E-state index < -0.39 is 0 Å². The Bertz CT molecular complexity index is 625. The van der Waals surface area contributed by atoms with Gasteiger partial charge in [-0.3, -0.25) is 4.79 Å². The van der Waals surface area contributed by atoms with Crippen LogP contribution in [0.3, 0.4) is 0 Å². The minimum absolute atomic E-state index is 0.213. The molecule has 2 aromatic rings. The predicted molar refractivity (Wildman–Crippen MR) is 81.4 cm³/mol. The molecule has 6 nitrogen and oxygen atoms in total. The van der Waals surface area contributed by atoms with E-state index in [2.05, 4.69) is 15.3 Å². The van der Waals surface area contributed by atoms with Gasteiger partial charge in [-0.05, 0) is 37.1 Å². The lowest BCUT2D eigenvalue weighted by molar-refractivity contribution is 0.0874. The summed E-state index contributed by atoms with van der Waals surface area (Å²) in [6, 6.07) is 7.06. The highest BCUT2D eigenvalue weighted by Gasteiger charge is 2.17. The zero-order chi connectivity index (χ0) is 15.2. The molecule has 1 aliphatic heterocycles. The molecule has 1 fully saturated rings. The minimum atomic E-state index is 0.213. The lowest BCUT2D eigenvalue weighted by Crippen LogP contribution is -2.30. The number of hydrogen-bond acceptors (Lipinski definition) is 6. The Hall–Kier alpha value is -2.47. The van der Waals surface area contributed by atoms with Crippen molar-refractivity contribution in [3.05, 3.63) is 42.2 Å². The maximum Gasteiger partial charge on any atom is 0.262 e. The molecule has 0 bridgehead atoms. The summed E-state index contributed by atoms with van der Waals surface area (Å²) in [4.78, 5) is 19.2. The summed E-state index contributed by atoms with van der Waals surface area (Å²) in [5.74, 6) is 1.61. The molecule has 1 aromatic carbocycles. The average Bonchev–Trinajstić information content (AvgIpc) is 2.58. The lowest BCUT2D eigenvalue weighted by atomic mass is 10.1. The van der Waals surface area contributed by atoms with Crippen molar-refractivity contribution in [1.82, 2.24) is 9.97 Å². The highest BCUT2D eigenvalue weighted by molar-refractivity contribution is 5.74.